The summed E-state index contributed by atoms with van der Waals surface area (Å²) in [5, 5.41) is 9.09. The van der Waals surface area contributed by atoms with Gasteiger partial charge >= 0.3 is 6.18 Å². The van der Waals surface area contributed by atoms with E-state index in [-0.39, 0.29) is 10.8 Å². The third-order valence-corrected chi connectivity index (χ3v) is 6.92. The Kier molecular flexibility index (Phi) is 4.76. The van der Waals surface area contributed by atoms with Gasteiger partial charge in [-0.05, 0) is 55.2 Å². The summed E-state index contributed by atoms with van der Waals surface area (Å²) in [5.74, 6) is -0.398. The molecule has 1 aromatic heterocycles. The highest BCUT2D eigenvalue weighted by Gasteiger charge is 2.59. The molecular formula is C22H18F3N5O2S. The second-order valence-electron chi connectivity index (χ2n) is 8.54. The minimum atomic E-state index is -4.80. The minimum absolute atomic E-state index is 0.0709. The molecule has 2 saturated heterocycles. The molecule has 1 spiro atoms. The summed E-state index contributed by atoms with van der Waals surface area (Å²) in [6.45, 7) is 0.829. The lowest BCUT2D eigenvalue weighted by Gasteiger charge is -2.43. The van der Waals surface area contributed by atoms with Crippen LogP contribution in [0.15, 0.2) is 36.5 Å². The van der Waals surface area contributed by atoms with Gasteiger partial charge in [-0.2, -0.15) is 18.4 Å². The van der Waals surface area contributed by atoms with Crippen LogP contribution in [0.3, 0.4) is 0 Å². The highest BCUT2D eigenvalue weighted by molar-refractivity contribution is 7.81. The number of hydrogen-bond acceptors (Lipinski definition) is 6. The zero-order valence-electron chi connectivity index (χ0n) is 17.2. The molecule has 2 aromatic rings. The molecule has 3 heterocycles. The number of halogens is 3. The summed E-state index contributed by atoms with van der Waals surface area (Å²) in [5.41, 5.74) is 4.24. The monoisotopic (exact) mass is 473 g/mol. The Morgan fingerprint density at radius 1 is 1.18 bits per heavy atom. The first-order chi connectivity index (χ1) is 15.6. The van der Waals surface area contributed by atoms with Crippen molar-refractivity contribution in [1.82, 2.24) is 4.98 Å². The fourth-order valence-corrected chi connectivity index (χ4v) is 4.99. The van der Waals surface area contributed by atoms with E-state index in [0.29, 0.717) is 31.7 Å². The van der Waals surface area contributed by atoms with Gasteiger partial charge in [0.15, 0.2) is 10.8 Å². The molecule has 5 rings (SSSR count). The lowest BCUT2D eigenvalue weighted by Crippen LogP contribution is -2.55. The Bertz CT molecular complexity index is 1200. The molecule has 11 heteroatoms. The van der Waals surface area contributed by atoms with Gasteiger partial charge in [0.25, 0.3) is 5.91 Å². The van der Waals surface area contributed by atoms with E-state index in [4.69, 9.17) is 28.0 Å². The number of carbonyl (C=O) groups excluding carboxylic acids is 1. The normalized spacial score (nSPS) is 21.1. The van der Waals surface area contributed by atoms with Gasteiger partial charge in [0.2, 0.25) is 0 Å². The maximum atomic E-state index is 13.5. The molecule has 1 aliphatic carbocycles. The maximum Gasteiger partial charge on any atom is 0.419 e. The zero-order chi connectivity index (χ0) is 23.6. The number of pyridine rings is 1. The quantitative estimate of drug-likeness (QED) is 0.684. The second kappa shape index (κ2) is 7.21. The van der Waals surface area contributed by atoms with Crippen LogP contribution >= 0.6 is 12.2 Å². The second-order valence-corrected chi connectivity index (χ2v) is 8.90. The predicted molar refractivity (Wildman–Crippen MR) is 116 cm³/mol. The van der Waals surface area contributed by atoms with Crippen molar-refractivity contribution in [1.29, 1.82) is 5.26 Å². The topological polar surface area (TPSA) is 95.5 Å². The van der Waals surface area contributed by atoms with E-state index < -0.39 is 34.4 Å². The van der Waals surface area contributed by atoms with Crippen LogP contribution in [0.25, 0.3) is 0 Å². The summed E-state index contributed by atoms with van der Waals surface area (Å²) in [7, 11) is 0. The van der Waals surface area contributed by atoms with Crippen molar-refractivity contribution in [2.45, 2.75) is 36.5 Å². The lowest BCUT2D eigenvalue weighted by atomic mass is 9.75. The smallest absolute Gasteiger partial charge is 0.377 e. The average molecular weight is 473 g/mol. The van der Waals surface area contributed by atoms with E-state index in [9.17, 15) is 18.0 Å². The number of benzene rings is 1. The zero-order valence-corrected chi connectivity index (χ0v) is 18.0. The van der Waals surface area contributed by atoms with Crippen LogP contribution in [-0.4, -0.2) is 34.8 Å². The van der Waals surface area contributed by atoms with Crippen molar-refractivity contribution in [3.8, 4) is 6.07 Å². The third-order valence-electron chi connectivity index (χ3n) is 6.55. The summed E-state index contributed by atoms with van der Waals surface area (Å²) in [4.78, 5) is 19.9. The fraction of sp³-hybridized carbons (Fsp3) is 0.364. The number of nitrogens with two attached hydrogens (primary N) is 1. The molecule has 1 saturated carbocycles. The van der Waals surface area contributed by atoms with E-state index in [1.54, 1.807) is 4.90 Å². The number of thiocarbonyl (C=S) groups is 1. The number of ether oxygens (including phenoxy) is 1. The molecule has 2 aliphatic heterocycles. The lowest BCUT2D eigenvalue weighted by molar-refractivity contribution is -0.138. The minimum Gasteiger partial charge on any atom is -0.377 e. The number of nitrogens with zero attached hydrogens (tertiary/aromatic N) is 4. The Morgan fingerprint density at radius 2 is 1.85 bits per heavy atom. The van der Waals surface area contributed by atoms with Crippen molar-refractivity contribution in [2.75, 3.05) is 23.0 Å². The van der Waals surface area contributed by atoms with Gasteiger partial charge in [0.1, 0.15) is 11.6 Å². The largest absolute Gasteiger partial charge is 0.419 e. The van der Waals surface area contributed by atoms with Crippen molar-refractivity contribution >= 4 is 34.6 Å². The Balaban J connectivity index is 1.54. The first-order valence-electron chi connectivity index (χ1n) is 10.2. The van der Waals surface area contributed by atoms with Crippen LogP contribution in [0.1, 0.15) is 36.1 Å². The highest BCUT2D eigenvalue weighted by Crippen LogP contribution is 2.48. The van der Waals surface area contributed by atoms with Crippen LogP contribution < -0.4 is 15.5 Å². The summed E-state index contributed by atoms with van der Waals surface area (Å²) >= 11 is 5.60. The number of amides is 1. The molecule has 1 aromatic carbocycles. The molecule has 2 N–H and O–H groups in total. The van der Waals surface area contributed by atoms with Gasteiger partial charge in [-0.3, -0.25) is 9.69 Å². The SMILES string of the molecule is N#Cc1ncc(N2C(=O)C3(CCC3)N(c3ccc(C4(N)COC4)cc3)C2=S)cc1C(F)(F)F. The molecule has 7 nitrogen and oxygen atoms in total. The Morgan fingerprint density at radius 3 is 2.33 bits per heavy atom. The van der Waals surface area contributed by atoms with Crippen molar-refractivity contribution < 1.29 is 22.7 Å². The number of carbonyl (C=O) groups is 1. The number of rotatable bonds is 3. The standard InChI is InChI=1S/C22H18F3N5O2S/c23-22(24,25)16-8-15(10-28-17(16)9-26)29-18(31)21(6-1-7-21)30(19(29)33)14-4-2-13(3-5-14)20(27)11-32-12-20/h2-5,8,10H,1,6-7,11-12,27H2. The molecular weight excluding hydrogens is 455 g/mol. The molecule has 170 valence electrons. The first kappa shape index (κ1) is 21.8. The molecule has 0 unspecified atom stereocenters. The van der Waals surface area contributed by atoms with Crippen LogP contribution in [0.2, 0.25) is 0 Å². The highest BCUT2D eigenvalue weighted by atomic mass is 32.1. The van der Waals surface area contributed by atoms with Crippen LogP contribution in [0.4, 0.5) is 24.5 Å². The average Bonchev–Trinajstić information content (AvgIpc) is 2.98. The molecule has 3 fully saturated rings. The summed E-state index contributed by atoms with van der Waals surface area (Å²) in [6.07, 6.45) is -1.89. The molecule has 0 radical (unpaired) electrons. The molecule has 33 heavy (non-hydrogen) atoms. The van der Waals surface area contributed by atoms with Gasteiger partial charge in [-0.25, -0.2) is 4.98 Å². The molecule has 1 amide bonds. The van der Waals surface area contributed by atoms with Gasteiger partial charge < -0.3 is 15.4 Å². The summed E-state index contributed by atoms with van der Waals surface area (Å²) in [6, 6.07) is 9.52. The third kappa shape index (κ3) is 3.13. The van der Waals surface area contributed by atoms with Gasteiger partial charge in [-0.15, -0.1) is 0 Å². The number of aromatic nitrogens is 1. The van der Waals surface area contributed by atoms with Gasteiger partial charge in [0.05, 0.1) is 36.2 Å². The number of hydrogen-bond donors (Lipinski definition) is 1. The van der Waals surface area contributed by atoms with E-state index in [1.165, 1.54) is 6.07 Å². The number of nitriles is 1. The molecule has 3 aliphatic rings. The van der Waals surface area contributed by atoms with E-state index >= 15 is 0 Å². The molecule has 0 atom stereocenters. The number of anilines is 2. The van der Waals surface area contributed by atoms with Crippen molar-refractivity contribution in [3.05, 3.63) is 53.3 Å². The first-order valence-corrected chi connectivity index (χ1v) is 10.6. The van der Waals surface area contributed by atoms with Gasteiger partial charge in [0, 0.05) is 5.69 Å². The van der Waals surface area contributed by atoms with E-state index in [0.717, 1.165) is 29.1 Å². The fourth-order valence-electron chi connectivity index (χ4n) is 4.52. The van der Waals surface area contributed by atoms with Crippen LogP contribution in [0.5, 0.6) is 0 Å². The van der Waals surface area contributed by atoms with Crippen molar-refractivity contribution in [2.24, 2.45) is 5.73 Å². The molecule has 0 bridgehead atoms. The Labute approximate surface area is 192 Å². The predicted octanol–water partition coefficient (Wildman–Crippen LogP) is 3.22. The number of alkyl halides is 3. The van der Waals surface area contributed by atoms with Crippen molar-refractivity contribution in [3.63, 3.8) is 0 Å². The maximum absolute atomic E-state index is 13.5. The Hall–Kier alpha value is -3.07. The van der Waals surface area contributed by atoms with Crippen LogP contribution in [0, 0.1) is 11.3 Å². The van der Waals surface area contributed by atoms with E-state index in [2.05, 4.69) is 4.98 Å². The van der Waals surface area contributed by atoms with Crippen LogP contribution in [-0.2, 0) is 21.2 Å². The van der Waals surface area contributed by atoms with E-state index in [1.807, 2.05) is 24.3 Å². The van der Waals surface area contributed by atoms with Gasteiger partial charge in [-0.1, -0.05) is 12.1 Å². The summed E-state index contributed by atoms with van der Waals surface area (Å²) < 4.78 is 45.6.